The Labute approximate surface area is 142 Å². The van der Waals surface area contributed by atoms with Gasteiger partial charge in [0.1, 0.15) is 11.6 Å². The minimum absolute atomic E-state index is 0.163. The van der Waals surface area contributed by atoms with Crippen LogP contribution in [0.2, 0.25) is 0 Å². The first kappa shape index (κ1) is 16.9. The normalized spacial score (nSPS) is 15.1. The van der Waals surface area contributed by atoms with E-state index in [9.17, 15) is 8.42 Å². The molecule has 1 aliphatic carbocycles. The number of hydrogen-bond acceptors (Lipinski definition) is 5. The van der Waals surface area contributed by atoms with Gasteiger partial charge in [-0.25, -0.2) is 23.5 Å². The van der Waals surface area contributed by atoms with Crippen LogP contribution in [0.3, 0.4) is 0 Å². The summed E-state index contributed by atoms with van der Waals surface area (Å²) < 4.78 is 22.9. The fourth-order valence-corrected chi connectivity index (χ4v) is 3.63. The Morgan fingerprint density at radius 3 is 2.54 bits per heavy atom. The molecule has 1 aromatic carbocycles. The first-order valence-corrected chi connectivity index (χ1v) is 9.59. The molecule has 0 bridgehead atoms. The Bertz CT molecular complexity index is 861. The molecule has 1 fully saturated rings. The Hall–Kier alpha value is -1.99. The van der Waals surface area contributed by atoms with Crippen LogP contribution in [0.4, 0.5) is 5.82 Å². The number of aromatic nitrogens is 2. The lowest BCUT2D eigenvalue weighted by Crippen LogP contribution is -2.15. The van der Waals surface area contributed by atoms with Crippen molar-refractivity contribution in [3.05, 3.63) is 46.9 Å². The van der Waals surface area contributed by atoms with Gasteiger partial charge in [0.25, 0.3) is 0 Å². The third kappa shape index (κ3) is 3.73. The van der Waals surface area contributed by atoms with Crippen LogP contribution in [0.5, 0.6) is 0 Å². The molecule has 0 saturated heterocycles. The Morgan fingerprint density at radius 1 is 1.21 bits per heavy atom. The van der Waals surface area contributed by atoms with Gasteiger partial charge in [0.05, 0.1) is 4.90 Å². The summed E-state index contributed by atoms with van der Waals surface area (Å²) in [5.41, 5.74) is 2.57. The molecule has 3 rings (SSSR count). The van der Waals surface area contributed by atoms with E-state index >= 15 is 0 Å². The van der Waals surface area contributed by atoms with E-state index in [0.717, 1.165) is 35.7 Å². The quantitative estimate of drug-likeness (QED) is 0.867. The van der Waals surface area contributed by atoms with Crippen molar-refractivity contribution in [1.29, 1.82) is 0 Å². The molecule has 3 N–H and O–H groups in total. The average Bonchev–Trinajstić information content (AvgIpc) is 2.41. The largest absolute Gasteiger partial charge is 0.366 e. The number of primary sulfonamides is 1. The summed E-state index contributed by atoms with van der Waals surface area (Å²) >= 11 is 0. The summed E-state index contributed by atoms with van der Waals surface area (Å²) in [5.74, 6) is 2.21. The first-order valence-electron chi connectivity index (χ1n) is 8.05. The predicted molar refractivity (Wildman–Crippen MR) is 93.2 cm³/mol. The molecule has 1 saturated carbocycles. The van der Waals surface area contributed by atoms with E-state index in [1.807, 2.05) is 19.1 Å². The summed E-state index contributed by atoms with van der Waals surface area (Å²) in [5, 5.41) is 8.49. The SMILES string of the molecule is Cc1cc(NCc2ccc(S(N)(=O)=O)c(C)c2)nc(C2CCC2)n1. The number of nitrogens with zero attached hydrogens (tertiary/aromatic N) is 2. The van der Waals surface area contributed by atoms with Gasteiger partial charge in [-0.05, 0) is 43.9 Å². The highest BCUT2D eigenvalue weighted by atomic mass is 32.2. The van der Waals surface area contributed by atoms with E-state index in [-0.39, 0.29) is 4.90 Å². The van der Waals surface area contributed by atoms with E-state index in [1.165, 1.54) is 6.42 Å². The summed E-state index contributed by atoms with van der Waals surface area (Å²) in [7, 11) is -3.68. The zero-order chi connectivity index (χ0) is 17.3. The maximum Gasteiger partial charge on any atom is 0.238 e. The smallest absolute Gasteiger partial charge is 0.238 e. The fraction of sp³-hybridized carbons (Fsp3) is 0.412. The van der Waals surface area contributed by atoms with Crippen molar-refractivity contribution in [3.63, 3.8) is 0 Å². The third-order valence-corrected chi connectivity index (χ3v) is 5.43. The van der Waals surface area contributed by atoms with Crippen molar-refractivity contribution in [1.82, 2.24) is 9.97 Å². The van der Waals surface area contributed by atoms with Crippen molar-refractivity contribution in [2.24, 2.45) is 5.14 Å². The Balaban J connectivity index is 1.74. The number of hydrogen-bond donors (Lipinski definition) is 2. The van der Waals surface area contributed by atoms with E-state index in [2.05, 4.69) is 15.3 Å². The Morgan fingerprint density at radius 2 is 1.96 bits per heavy atom. The van der Waals surface area contributed by atoms with Gasteiger partial charge < -0.3 is 5.32 Å². The third-order valence-electron chi connectivity index (χ3n) is 4.36. The zero-order valence-corrected chi connectivity index (χ0v) is 14.7. The molecule has 128 valence electrons. The lowest BCUT2D eigenvalue weighted by Gasteiger charge is -2.24. The summed E-state index contributed by atoms with van der Waals surface area (Å²) in [6, 6.07) is 7.06. The van der Waals surface area contributed by atoms with Gasteiger partial charge >= 0.3 is 0 Å². The van der Waals surface area contributed by atoms with E-state index in [1.54, 1.807) is 19.1 Å². The summed E-state index contributed by atoms with van der Waals surface area (Å²) in [6.07, 6.45) is 3.58. The monoisotopic (exact) mass is 346 g/mol. The summed E-state index contributed by atoms with van der Waals surface area (Å²) in [4.78, 5) is 9.31. The molecule has 0 spiro atoms. The minimum Gasteiger partial charge on any atom is -0.366 e. The van der Waals surface area contributed by atoms with Crippen LogP contribution in [0.15, 0.2) is 29.2 Å². The van der Waals surface area contributed by atoms with Gasteiger partial charge in [-0.1, -0.05) is 18.6 Å². The predicted octanol–water partition coefficient (Wildman–Crippen LogP) is 2.62. The molecule has 1 aromatic heterocycles. The van der Waals surface area contributed by atoms with Crippen LogP contribution in [-0.2, 0) is 16.6 Å². The van der Waals surface area contributed by atoms with Crippen molar-refractivity contribution >= 4 is 15.8 Å². The molecule has 0 aliphatic heterocycles. The molecular formula is C17H22N4O2S. The maximum atomic E-state index is 11.5. The van der Waals surface area contributed by atoms with E-state index in [4.69, 9.17) is 5.14 Å². The number of nitrogens with one attached hydrogen (secondary N) is 1. The van der Waals surface area contributed by atoms with Gasteiger partial charge in [0.15, 0.2) is 0 Å². The van der Waals surface area contributed by atoms with Crippen molar-refractivity contribution in [2.45, 2.75) is 50.5 Å². The minimum atomic E-state index is -3.68. The second-order valence-corrected chi connectivity index (χ2v) is 7.91. The second kappa shape index (κ2) is 6.49. The number of benzene rings is 1. The van der Waals surface area contributed by atoms with Gasteiger partial charge in [0, 0.05) is 24.2 Å². The van der Waals surface area contributed by atoms with Gasteiger partial charge in [-0.15, -0.1) is 0 Å². The van der Waals surface area contributed by atoms with Crippen LogP contribution < -0.4 is 10.5 Å². The molecule has 0 unspecified atom stereocenters. The number of sulfonamides is 1. The highest BCUT2D eigenvalue weighted by molar-refractivity contribution is 7.89. The van der Waals surface area contributed by atoms with Crippen molar-refractivity contribution in [2.75, 3.05) is 5.32 Å². The lowest BCUT2D eigenvalue weighted by atomic mass is 9.85. The molecule has 1 aliphatic rings. The van der Waals surface area contributed by atoms with E-state index < -0.39 is 10.0 Å². The molecule has 7 heteroatoms. The Kier molecular flexibility index (Phi) is 4.56. The van der Waals surface area contributed by atoms with Crippen LogP contribution in [0, 0.1) is 13.8 Å². The highest BCUT2D eigenvalue weighted by Crippen LogP contribution is 2.34. The number of nitrogens with two attached hydrogens (primary N) is 1. The molecule has 0 amide bonds. The molecule has 0 atom stereocenters. The number of aryl methyl sites for hydroxylation is 2. The molecule has 0 radical (unpaired) electrons. The van der Waals surface area contributed by atoms with Crippen LogP contribution in [-0.4, -0.2) is 18.4 Å². The van der Waals surface area contributed by atoms with Gasteiger partial charge in [-0.3, -0.25) is 0 Å². The fourth-order valence-electron chi connectivity index (χ4n) is 2.86. The maximum absolute atomic E-state index is 11.5. The number of rotatable bonds is 5. The standard InChI is InChI=1S/C17H22N4O2S/c1-11-8-13(6-7-15(11)24(18,22)23)10-19-16-9-12(2)20-17(21-16)14-4-3-5-14/h6-9,14H,3-5,10H2,1-2H3,(H2,18,22,23)(H,19,20,21). The van der Waals surface area contributed by atoms with Crippen LogP contribution in [0.25, 0.3) is 0 Å². The molecule has 1 heterocycles. The number of anilines is 1. The molecular weight excluding hydrogens is 324 g/mol. The lowest BCUT2D eigenvalue weighted by molar-refractivity contribution is 0.401. The summed E-state index contributed by atoms with van der Waals surface area (Å²) in [6.45, 7) is 4.28. The second-order valence-electron chi connectivity index (χ2n) is 6.38. The first-order chi connectivity index (χ1) is 11.3. The van der Waals surface area contributed by atoms with Crippen molar-refractivity contribution < 1.29 is 8.42 Å². The van der Waals surface area contributed by atoms with Gasteiger partial charge in [-0.2, -0.15) is 0 Å². The topological polar surface area (TPSA) is 98.0 Å². The van der Waals surface area contributed by atoms with Crippen LogP contribution in [0.1, 0.15) is 47.8 Å². The zero-order valence-electron chi connectivity index (χ0n) is 13.9. The van der Waals surface area contributed by atoms with Crippen LogP contribution >= 0.6 is 0 Å². The van der Waals surface area contributed by atoms with Gasteiger partial charge in [0.2, 0.25) is 10.0 Å². The van der Waals surface area contributed by atoms with E-state index in [0.29, 0.717) is 18.0 Å². The molecule has 6 nitrogen and oxygen atoms in total. The molecule has 2 aromatic rings. The highest BCUT2D eigenvalue weighted by Gasteiger charge is 2.22. The molecule has 24 heavy (non-hydrogen) atoms. The van der Waals surface area contributed by atoms with Crippen molar-refractivity contribution in [3.8, 4) is 0 Å². The average molecular weight is 346 g/mol.